The molecule has 1 heterocycles. The molecule has 6 nitrogen and oxygen atoms in total. The van der Waals surface area contributed by atoms with Gasteiger partial charge in [-0.05, 0) is 23.8 Å². The Hall–Kier alpha value is -2.45. The Morgan fingerprint density at radius 1 is 1.21 bits per heavy atom. The monoisotopic (exact) mass is 439 g/mol. The third kappa shape index (κ3) is 4.28. The fraction of sp³-hybridized carbons (Fsp3) is 0.300. The van der Waals surface area contributed by atoms with Gasteiger partial charge in [-0.1, -0.05) is 23.7 Å². The number of carbonyl (C=O) groups excluding carboxylic acids is 2. The van der Waals surface area contributed by atoms with Gasteiger partial charge in [-0.3, -0.25) is 9.59 Å². The van der Waals surface area contributed by atoms with Gasteiger partial charge in [0.05, 0.1) is 43.9 Å². The number of hydrogen-bond acceptors (Lipinski definition) is 6. The highest BCUT2D eigenvalue weighted by atomic mass is 35.5. The molecular formula is C20H19ClFNO5S. The van der Waals surface area contributed by atoms with Crippen molar-refractivity contribution in [2.24, 2.45) is 0 Å². The summed E-state index contributed by atoms with van der Waals surface area (Å²) in [5.74, 6) is -0.759. The standard InChI is InChI=1S/C20H19ClFNO5S/c1-26-14-6-4-5-11(18(14)28-3)19-12-7-10(21)8-13(22)17(12)23-20(25)15(29-19)9-16(24)27-2/h4-8,15,19H,9H2,1-3H3,(H,23,25)/t15-,19-/m1/s1. The average Bonchev–Trinajstić information content (AvgIpc) is 2.84. The van der Waals surface area contributed by atoms with E-state index in [9.17, 15) is 14.0 Å². The molecule has 1 aliphatic rings. The SMILES string of the molecule is COC(=O)C[C@H]1S[C@H](c2cccc(OC)c2OC)c2cc(Cl)cc(F)c2NC1=O. The predicted octanol–water partition coefficient (Wildman–Crippen LogP) is 4.20. The summed E-state index contributed by atoms with van der Waals surface area (Å²) in [6, 6.07) is 8.03. The first-order chi connectivity index (χ1) is 13.9. The first kappa shape index (κ1) is 21.3. The van der Waals surface area contributed by atoms with E-state index < -0.39 is 28.2 Å². The lowest BCUT2D eigenvalue weighted by Crippen LogP contribution is -2.27. The maximum absolute atomic E-state index is 14.7. The van der Waals surface area contributed by atoms with Gasteiger partial charge in [0.1, 0.15) is 5.82 Å². The second-order valence-corrected chi connectivity index (χ2v) is 7.96. The number of amides is 1. The highest BCUT2D eigenvalue weighted by Gasteiger charge is 2.36. The molecule has 0 saturated carbocycles. The summed E-state index contributed by atoms with van der Waals surface area (Å²) in [5, 5.41) is 1.41. The third-order valence-electron chi connectivity index (χ3n) is 4.50. The smallest absolute Gasteiger partial charge is 0.307 e. The van der Waals surface area contributed by atoms with Gasteiger partial charge < -0.3 is 19.5 Å². The minimum absolute atomic E-state index is 0.0224. The zero-order valence-electron chi connectivity index (χ0n) is 16.0. The Kier molecular flexibility index (Phi) is 6.54. The van der Waals surface area contributed by atoms with E-state index in [2.05, 4.69) is 5.32 Å². The predicted molar refractivity (Wildman–Crippen MR) is 109 cm³/mol. The number of methoxy groups -OCH3 is 3. The Balaban J connectivity index is 2.20. The summed E-state index contributed by atoms with van der Waals surface area (Å²) in [5.41, 5.74) is 1.15. The molecule has 1 N–H and O–H groups in total. The number of ether oxygens (including phenoxy) is 3. The number of anilines is 1. The fourth-order valence-electron chi connectivity index (χ4n) is 3.17. The lowest BCUT2D eigenvalue weighted by molar-refractivity contribution is -0.141. The third-order valence-corrected chi connectivity index (χ3v) is 6.21. The number of halogens is 2. The highest BCUT2D eigenvalue weighted by Crippen LogP contribution is 2.50. The van der Waals surface area contributed by atoms with Gasteiger partial charge in [0.15, 0.2) is 11.5 Å². The van der Waals surface area contributed by atoms with Crippen LogP contribution in [0.4, 0.5) is 10.1 Å². The molecule has 2 aromatic rings. The Morgan fingerprint density at radius 2 is 1.97 bits per heavy atom. The van der Waals surface area contributed by atoms with Crippen molar-refractivity contribution in [3.63, 3.8) is 0 Å². The van der Waals surface area contributed by atoms with Crippen molar-refractivity contribution in [1.82, 2.24) is 0 Å². The molecule has 2 aromatic carbocycles. The molecular weight excluding hydrogens is 421 g/mol. The molecule has 1 aliphatic heterocycles. The van der Waals surface area contributed by atoms with Crippen LogP contribution in [0, 0.1) is 5.82 Å². The summed E-state index contributed by atoms with van der Waals surface area (Å²) >= 11 is 7.30. The van der Waals surface area contributed by atoms with E-state index in [0.717, 1.165) is 6.07 Å². The number of carbonyl (C=O) groups is 2. The number of benzene rings is 2. The van der Waals surface area contributed by atoms with Crippen LogP contribution in [0.15, 0.2) is 30.3 Å². The second-order valence-electron chi connectivity index (χ2n) is 6.21. The van der Waals surface area contributed by atoms with Crippen molar-refractivity contribution in [3.05, 3.63) is 52.3 Å². The summed E-state index contributed by atoms with van der Waals surface area (Å²) in [6.45, 7) is 0. The molecule has 0 fully saturated rings. The fourth-order valence-corrected chi connectivity index (χ4v) is 4.79. The van der Waals surface area contributed by atoms with E-state index in [1.165, 1.54) is 33.1 Å². The van der Waals surface area contributed by atoms with Crippen molar-refractivity contribution >= 4 is 40.9 Å². The van der Waals surface area contributed by atoms with Crippen LogP contribution < -0.4 is 14.8 Å². The maximum atomic E-state index is 14.7. The number of nitrogens with one attached hydrogen (secondary N) is 1. The van der Waals surface area contributed by atoms with Gasteiger partial charge >= 0.3 is 5.97 Å². The zero-order chi connectivity index (χ0) is 21.1. The Bertz CT molecular complexity index is 955. The summed E-state index contributed by atoms with van der Waals surface area (Å²) in [4.78, 5) is 24.6. The maximum Gasteiger partial charge on any atom is 0.307 e. The molecule has 0 spiro atoms. The van der Waals surface area contributed by atoms with Crippen LogP contribution in [0.25, 0.3) is 0 Å². The number of thioether (sulfide) groups is 1. The van der Waals surface area contributed by atoms with Gasteiger partial charge in [-0.25, -0.2) is 4.39 Å². The minimum Gasteiger partial charge on any atom is -0.493 e. The Morgan fingerprint density at radius 3 is 2.62 bits per heavy atom. The normalized spacial score (nSPS) is 18.3. The lowest BCUT2D eigenvalue weighted by atomic mass is 10.0. The number of esters is 1. The van der Waals surface area contributed by atoms with E-state index in [-0.39, 0.29) is 17.1 Å². The molecule has 0 aliphatic carbocycles. The van der Waals surface area contributed by atoms with Crippen molar-refractivity contribution in [2.45, 2.75) is 16.9 Å². The van der Waals surface area contributed by atoms with Gasteiger partial charge in [0.25, 0.3) is 0 Å². The molecule has 29 heavy (non-hydrogen) atoms. The summed E-state index contributed by atoms with van der Waals surface area (Å²) in [7, 11) is 4.26. The Labute approximate surface area is 176 Å². The first-order valence-corrected chi connectivity index (χ1v) is 9.94. The minimum atomic E-state index is -0.811. The van der Waals surface area contributed by atoms with E-state index >= 15 is 0 Å². The lowest BCUT2D eigenvalue weighted by Gasteiger charge is -2.23. The number of fused-ring (bicyclic) bond motifs is 1. The quantitative estimate of drug-likeness (QED) is 0.704. The first-order valence-electron chi connectivity index (χ1n) is 8.62. The van der Waals surface area contributed by atoms with Gasteiger partial charge in [0, 0.05) is 10.6 Å². The van der Waals surface area contributed by atoms with Crippen molar-refractivity contribution in [2.75, 3.05) is 26.6 Å². The van der Waals surface area contributed by atoms with Gasteiger partial charge in [0.2, 0.25) is 5.91 Å². The van der Waals surface area contributed by atoms with Gasteiger partial charge in [-0.2, -0.15) is 0 Å². The van der Waals surface area contributed by atoms with Gasteiger partial charge in [-0.15, -0.1) is 11.8 Å². The molecule has 154 valence electrons. The van der Waals surface area contributed by atoms with Crippen LogP contribution in [0.3, 0.4) is 0 Å². The number of hydrogen-bond donors (Lipinski definition) is 1. The molecule has 0 aromatic heterocycles. The zero-order valence-corrected chi connectivity index (χ0v) is 17.5. The van der Waals surface area contributed by atoms with Crippen LogP contribution in [-0.2, 0) is 14.3 Å². The molecule has 1 amide bonds. The topological polar surface area (TPSA) is 73.9 Å². The molecule has 3 rings (SSSR count). The van der Waals surface area contributed by atoms with E-state index in [1.807, 2.05) is 0 Å². The summed E-state index contributed by atoms with van der Waals surface area (Å²) < 4.78 is 30.3. The molecule has 2 atom stereocenters. The van der Waals surface area contributed by atoms with Crippen LogP contribution in [-0.4, -0.2) is 38.5 Å². The highest BCUT2D eigenvalue weighted by molar-refractivity contribution is 8.01. The second kappa shape index (κ2) is 8.92. The summed E-state index contributed by atoms with van der Waals surface area (Å²) in [6.07, 6.45) is -0.168. The van der Waals surface area contributed by atoms with Crippen molar-refractivity contribution in [1.29, 1.82) is 0 Å². The van der Waals surface area contributed by atoms with E-state index in [4.69, 9.17) is 25.8 Å². The number of rotatable bonds is 5. The molecule has 0 saturated heterocycles. The molecule has 0 radical (unpaired) electrons. The molecule has 0 unspecified atom stereocenters. The van der Waals surface area contributed by atoms with Crippen molar-refractivity contribution in [3.8, 4) is 11.5 Å². The van der Waals surface area contributed by atoms with E-state index in [1.54, 1.807) is 24.3 Å². The van der Waals surface area contributed by atoms with Crippen LogP contribution >= 0.6 is 23.4 Å². The van der Waals surface area contributed by atoms with Crippen LogP contribution in [0.2, 0.25) is 5.02 Å². The average molecular weight is 440 g/mol. The largest absolute Gasteiger partial charge is 0.493 e. The van der Waals surface area contributed by atoms with Crippen molar-refractivity contribution < 1.29 is 28.2 Å². The van der Waals surface area contributed by atoms with Crippen LogP contribution in [0.1, 0.15) is 22.8 Å². The van der Waals surface area contributed by atoms with Crippen LogP contribution in [0.5, 0.6) is 11.5 Å². The van der Waals surface area contributed by atoms with E-state index in [0.29, 0.717) is 22.6 Å². The molecule has 0 bridgehead atoms. The molecule has 9 heteroatoms. The number of para-hydroxylation sites is 1.